The summed E-state index contributed by atoms with van der Waals surface area (Å²) in [6.07, 6.45) is 0. The van der Waals surface area contributed by atoms with E-state index in [1.807, 2.05) is 0 Å². The Balaban J connectivity index is 1.62. The quantitative estimate of drug-likeness (QED) is 0.156. The van der Waals surface area contributed by atoms with E-state index < -0.39 is 0 Å². The van der Waals surface area contributed by atoms with Crippen molar-refractivity contribution in [1.82, 2.24) is 0 Å². The number of alkyl halides is 2. The fraction of sp³-hybridized carbons (Fsp3) is 0.167. The van der Waals surface area contributed by atoms with Crippen molar-refractivity contribution in [3.05, 3.63) is 88.7 Å². The summed E-state index contributed by atoms with van der Waals surface area (Å²) in [6.45, 7) is 0. The van der Waals surface area contributed by atoms with Gasteiger partial charge in [0.25, 0.3) is 0 Å². The van der Waals surface area contributed by atoms with E-state index in [0.29, 0.717) is 11.8 Å². The van der Waals surface area contributed by atoms with Crippen molar-refractivity contribution in [1.29, 1.82) is 0 Å². The monoisotopic (exact) mass is 774 g/mol. The standard InChI is InChI=1S/C24H12Br6/c25-17-1-3-19(27)11-7-15-13(5-9(11)17)21-22(23(15)29)14-6-10-12(8-16(14)24(21)30)20(28)4-2-18(10)26/h1-8,21-24H/t21-,22-,23-,24-/m1/s1. The molecule has 0 nitrogen and oxygen atoms in total. The summed E-state index contributed by atoms with van der Waals surface area (Å²) < 4.78 is 4.54. The predicted octanol–water partition coefficient (Wildman–Crippen LogP) is 10.8. The summed E-state index contributed by atoms with van der Waals surface area (Å²) in [7, 11) is 0. The minimum atomic E-state index is 0.289. The Bertz CT molecular complexity index is 1290. The van der Waals surface area contributed by atoms with E-state index in [9.17, 15) is 0 Å². The SMILES string of the molecule is Brc1ccc(Br)c2cc3c(cc12)[C@@H]1[C@@H](c2cc4c(Br)ccc(Br)c4cc2[C@H]1Br)[C@@H]3Br. The van der Waals surface area contributed by atoms with Gasteiger partial charge in [-0.25, -0.2) is 0 Å². The Labute approximate surface area is 225 Å². The number of benzene rings is 4. The highest BCUT2D eigenvalue weighted by molar-refractivity contribution is 9.11. The molecule has 4 aromatic rings. The van der Waals surface area contributed by atoms with Crippen molar-refractivity contribution < 1.29 is 0 Å². The molecule has 0 saturated carbocycles. The van der Waals surface area contributed by atoms with Gasteiger partial charge in [-0.3, -0.25) is 0 Å². The third-order valence-corrected chi connectivity index (χ3v) is 11.4. The van der Waals surface area contributed by atoms with Gasteiger partial charge < -0.3 is 0 Å². The molecule has 0 unspecified atom stereocenters. The smallest absolute Gasteiger partial charge is 0.0473 e. The highest BCUT2D eigenvalue weighted by Crippen LogP contribution is 2.67. The van der Waals surface area contributed by atoms with Crippen LogP contribution in [0.15, 0.2) is 66.4 Å². The van der Waals surface area contributed by atoms with Gasteiger partial charge in [0.1, 0.15) is 0 Å². The second-order valence-corrected chi connectivity index (χ2v) is 13.4. The van der Waals surface area contributed by atoms with Crippen molar-refractivity contribution in [2.75, 3.05) is 0 Å². The van der Waals surface area contributed by atoms with Crippen LogP contribution < -0.4 is 0 Å². The van der Waals surface area contributed by atoms with Gasteiger partial charge in [0.2, 0.25) is 0 Å². The molecule has 0 heterocycles. The average Bonchev–Trinajstić information content (AvgIpc) is 3.19. The second kappa shape index (κ2) is 7.39. The largest absolute Gasteiger partial charge is 0.0832 e. The van der Waals surface area contributed by atoms with E-state index in [1.54, 1.807) is 0 Å². The van der Waals surface area contributed by atoms with Crippen LogP contribution in [0, 0.1) is 0 Å². The van der Waals surface area contributed by atoms with Crippen molar-refractivity contribution in [3.63, 3.8) is 0 Å². The van der Waals surface area contributed by atoms with Gasteiger partial charge in [-0.15, -0.1) is 0 Å². The molecule has 4 aromatic carbocycles. The van der Waals surface area contributed by atoms with E-state index in [-0.39, 0.29) is 9.65 Å². The average molecular weight is 780 g/mol. The van der Waals surface area contributed by atoms with Crippen LogP contribution in [0.4, 0.5) is 0 Å². The van der Waals surface area contributed by atoms with Crippen LogP contribution >= 0.6 is 95.6 Å². The van der Waals surface area contributed by atoms with Crippen LogP contribution in [-0.4, -0.2) is 0 Å². The highest BCUT2D eigenvalue weighted by Gasteiger charge is 2.50. The molecule has 0 spiro atoms. The molecule has 0 bridgehead atoms. The van der Waals surface area contributed by atoms with Crippen LogP contribution in [0.5, 0.6) is 0 Å². The van der Waals surface area contributed by atoms with Crippen molar-refractivity contribution in [3.8, 4) is 0 Å². The molecule has 0 amide bonds. The molecule has 0 fully saturated rings. The summed E-state index contributed by atoms with van der Waals surface area (Å²) in [6, 6.07) is 18.0. The first-order valence-corrected chi connectivity index (χ1v) is 14.5. The first-order chi connectivity index (χ1) is 14.4. The lowest BCUT2D eigenvalue weighted by atomic mass is 9.92. The molecule has 0 aliphatic heterocycles. The maximum absolute atomic E-state index is 4.10. The van der Waals surface area contributed by atoms with Crippen molar-refractivity contribution in [2.45, 2.75) is 21.5 Å². The fourth-order valence-electron chi connectivity index (χ4n) is 5.22. The molecule has 30 heavy (non-hydrogen) atoms. The molecule has 0 aromatic heterocycles. The number of rotatable bonds is 0. The minimum Gasteiger partial charge on any atom is -0.0832 e. The van der Waals surface area contributed by atoms with Gasteiger partial charge in [0.05, 0.1) is 0 Å². The van der Waals surface area contributed by atoms with Gasteiger partial charge >= 0.3 is 0 Å². The molecule has 6 rings (SSSR count). The number of halogens is 6. The lowest BCUT2D eigenvalue weighted by Crippen LogP contribution is -2.01. The second-order valence-electron chi connectivity index (χ2n) is 7.97. The van der Waals surface area contributed by atoms with E-state index >= 15 is 0 Å². The summed E-state index contributed by atoms with van der Waals surface area (Å²) in [4.78, 5) is 0.579. The predicted molar refractivity (Wildman–Crippen MR) is 148 cm³/mol. The lowest BCUT2D eigenvalue weighted by molar-refractivity contribution is 0.627. The summed E-state index contributed by atoms with van der Waals surface area (Å²) in [5.74, 6) is 0.813. The lowest BCUT2D eigenvalue weighted by Gasteiger charge is -2.16. The van der Waals surface area contributed by atoms with Crippen LogP contribution in [0.2, 0.25) is 0 Å². The maximum Gasteiger partial charge on any atom is 0.0473 e. The molecular formula is C24H12Br6. The van der Waals surface area contributed by atoms with E-state index in [4.69, 9.17) is 0 Å². The summed E-state index contributed by atoms with van der Waals surface area (Å²) in [5, 5.41) is 5.03. The zero-order valence-corrected chi connectivity index (χ0v) is 24.7. The molecule has 0 radical (unpaired) electrons. The zero-order valence-electron chi connectivity index (χ0n) is 15.2. The molecule has 150 valence electrons. The van der Waals surface area contributed by atoms with E-state index in [2.05, 4.69) is 144 Å². The first kappa shape index (κ1) is 20.9. The van der Waals surface area contributed by atoms with Gasteiger partial charge in [-0.05, 0) is 92.3 Å². The van der Waals surface area contributed by atoms with Gasteiger partial charge in [0, 0.05) is 39.4 Å². The first-order valence-electron chi connectivity index (χ1n) is 9.48. The van der Waals surface area contributed by atoms with Crippen LogP contribution in [0.3, 0.4) is 0 Å². The van der Waals surface area contributed by atoms with Crippen LogP contribution in [-0.2, 0) is 0 Å². The zero-order chi connectivity index (χ0) is 20.9. The Kier molecular flexibility index (Phi) is 5.14. The highest BCUT2D eigenvalue weighted by atomic mass is 79.9. The molecule has 2 aliphatic carbocycles. The Morgan fingerprint density at radius 2 is 0.700 bits per heavy atom. The number of fused-ring (bicyclic) bond motifs is 7. The molecule has 0 N–H and O–H groups in total. The van der Waals surface area contributed by atoms with Crippen molar-refractivity contribution >= 4 is 117 Å². The third-order valence-electron chi connectivity index (χ3n) is 6.56. The summed E-state index contributed by atoms with van der Waals surface area (Å²) >= 11 is 23.2. The summed E-state index contributed by atoms with van der Waals surface area (Å²) in [5.41, 5.74) is 5.68. The topological polar surface area (TPSA) is 0 Å². The molecule has 0 saturated heterocycles. The molecule has 4 atom stereocenters. The normalized spacial score (nSPS) is 24.3. The Hall–Kier alpha value is 0.280. The Morgan fingerprint density at radius 1 is 0.433 bits per heavy atom. The minimum absolute atomic E-state index is 0.289. The molecular weight excluding hydrogens is 768 g/mol. The van der Waals surface area contributed by atoms with Crippen LogP contribution in [0.25, 0.3) is 21.5 Å². The van der Waals surface area contributed by atoms with Crippen molar-refractivity contribution in [2.24, 2.45) is 0 Å². The third kappa shape index (κ3) is 2.83. The fourth-order valence-corrected chi connectivity index (χ4v) is 9.08. The van der Waals surface area contributed by atoms with Gasteiger partial charge in [-0.1, -0.05) is 95.6 Å². The maximum atomic E-state index is 4.10. The van der Waals surface area contributed by atoms with Gasteiger partial charge in [0.15, 0.2) is 0 Å². The number of hydrogen-bond acceptors (Lipinski definition) is 0. The molecule has 6 heteroatoms. The molecule has 2 aliphatic rings. The van der Waals surface area contributed by atoms with Gasteiger partial charge in [-0.2, -0.15) is 0 Å². The van der Waals surface area contributed by atoms with Crippen LogP contribution in [0.1, 0.15) is 43.7 Å². The van der Waals surface area contributed by atoms with E-state index in [1.165, 1.54) is 43.8 Å². The van der Waals surface area contributed by atoms with E-state index in [0.717, 1.165) is 17.9 Å². The Morgan fingerprint density at radius 3 is 1.00 bits per heavy atom. The number of hydrogen-bond donors (Lipinski definition) is 0.